The summed E-state index contributed by atoms with van der Waals surface area (Å²) in [7, 11) is 0. The smallest absolute Gasteiger partial charge is 0.407 e. The highest BCUT2D eigenvalue weighted by Gasteiger charge is 2.37. The fraction of sp³-hybridized carbons (Fsp3) is 0.629. The second kappa shape index (κ2) is 21.5. The van der Waals surface area contributed by atoms with Gasteiger partial charge in [-0.15, -0.1) is 23.5 Å². The first-order valence-electron chi connectivity index (χ1n) is 17.6. The topological polar surface area (TPSA) is 209 Å². The maximum Gasteiger partial charge on any atom is 0.407 e. The van der Waals surface area contributed by atoms with E-state index in [2.05, 4.69) is 26.6 Å². The highest BCUT2D eigenvalue weighted by Crippen LogP contribution is 2.35. The summed E-state index contributed by atoms with van der Waals surface area (Å²) in [5, 5.41) is 22.4. The normalized spacial score (nSPS) is 17.3. The quantitative estimate of drug-likeness (QED) is 0.113. The van der Waals surface area contributed by atoms with Gasteiger partial charge >= 0.3 is 12.1 Å². The molecule has 5 amide bonds. The van der Waals surface area contributed by atoms with Crippen LogP contribution < -0.4 is 26.6 Å². The van der Waals surface area contributed by atoms with Gasteiger partial charge in [0.15, 0.2) is 6.04 Å². The van der Waals surface area contributed by atoms with Crippen LogP contribution in [0.4, 0.5) is 4.79 Å². The number of carboxylic acids is 1. The van der Waals surface area contributed by atoms with E-state index in [0.29, 0.717) is 12.0 Å². The molecule has 4 atom stereocenters. The van der Waals surface area contributed by atoms with Crippen molar-refractivity contribution in [3.05, 3.63) is 35.9 Å². The van der Waals surface area contributed by atoms with Crippen molar-refractivity contribution in [1.29, 1.82) is 0 Å². The number of hydrogen-bond acceptors (Lipinski definition) is 10. The predicted octanol–water partition coefficient (Wildman–Crippen LogP) is 2.91. The van der Waals surface area contributed by atoms with E-state index in [1.54, 1.807) is 48.6 Å². The number of ether oxygens (including phenoxy) is 1. The van der Waals surface area contributed by atoms with Crippen molar-refractivity contribution in [2.24, 2.45) is 11.8 Å². The van der Waals surface area contributed by atoms with Crippen LogP contribution in [0, 0.1) is 11.8 Å². The average molecular weight is 750 g/mol. The molecule has 1 aliphatic carbocycles. The molecule has 1 aromatic carbocycles. The van der Waals surface area contributed by atoms with Gasteiger partial charge in [0.2, 0.25) is 23.5 Å². The summed E-state index contributed by atoms with van der Waals surface area (Å²) in [6, 6.07) is 3.42. The number of rotatable bonds is 19. The highest BCUT2D eigenvalue weighted by atomic mass is 32.2. The molecule has 16 heteroatoms. The summed E-state index contributed by atoms with van der Waals surface area (Å²) in [4.78, 5) is 90.7. The molecule has 51 heavy (non-hydrogen) atoms. The molecule has 3 unspecified atom stereocenters. The van der Waals surface area contributed by atoms with E-state index in [1.807, 2.05) is 13.8 Å². The van der Waals surface area contributed by atoms with Crippen molar-refractivity contribution < 1.29 is 43.4 Å². The van der Waals surface area contributed by atoms with E-state index >= 15 is 0 Å². The lowest BCUT2D eigenvalue weighted by atomic mass is 9.83. The van der Waals surface area contributed by atoms with Gasteiger partial charge in [-0.25, -0.2) is 9.59 Å². The van der Waals surface area contributed by atoms with Gasteiger partial charge in [0.1, 0.15) is 12.1 Å². The molecule has 1 saturated carbocycles. The van der Waals surface area contributed by atoms with Gasteiger partial charge in [0.25, 0.3) is 5.91 Å². The Bertz CT molecular complexity index is 1350. The standard InChI is InChI=1S/C35H51N5O9S2/c1-4-11-24(30(42)33(45)36-19-26(41)39-29(34(46)47)23-14-9-6-10-15-23)37-31(43)25(18-27-50-16-17-51-27)38-32(44)28(22-12-7-5-8-13-22)40-35(48)49-20-21(2)3/h6,9-10,14-15,21-22,24-25,27-29H,4-5,7-8,11-13,16-20H2,1-3H3,(H,36,45)(H,37,43)(H,38,44)(H,39,41)(H,40,48)(H,46,47)/t24?,25-,28?,29?/m0/s1. The molecule has 1 heterocycles. The zero-order valence-electron chi connectivity index (χ0n) is 29.4. The van der Waals surface area contributed by atoms with Gasteiger partial charge in [0.05, 0.1) is 23.8 Å². The second-order valence-electron chi connectivity index (χ2n) is 13.1. The number of nitrogens with one attached hydrogen (secondary N) is 5. The van der Waals surface area contributed by atoms with Crippen LogP contribution in [0.5, 0.6) is 0 Å². The van der Waals surface area contributed by atoms with Crippen molar-refractivity contribution in [2.45, 2.75) is 101 Å². The van der Waals surface area contributed by atoms with E-state index in [4.69, 9.17) is 4.74 Å². The fourth-order valence-electron chi connectivity index (χ4n) is 5.89. The molecule has 6 N–H and O–H groups in total. The van der Waals surface area contributed by atoms with Crippen LogP contribution in [0.2, 0.25) is 0 Å². The molecule has 0 spiro atoms. The van der Waals surface area contributed by atoms with Gasteiger partial charge in [0, 0.05) is 11.5 Å². The van der Waals surface area contributed by atoms with E-state index in [-0.39, 0.29) is 35.9 Å². The van der Waals surface area contributed by atoms with Crippen LogP contribution >= 0.6 is 23.5 Å². The third kappa shape index (κ3) is 14.0. The summed E-state index contributed by atoms with van der Waals surface area (Å²) in [6.07, 6.45) is 4.42. The molecule has 2 aliphatic rings. The maximum absolute atomic E-state index is 13.8. The van der Waals surface area contributed by atoms with Crippen LogP contribution in [0.1, 0.15) is 83.7 Å². The second-order valence-corrected chi connectivity index (χ2v) is 16.0. The minimum atomic E-state index is -1.36. The van der Waals surface area contributed by atoms with Crippen molar-refractivity contribution in [2.75, 3.05) is 24.7 Å². The number of Topliss-reactive ketones (excluding diaryl/α,β-unsaturated/α-hetero) is 1. The summed E-state index contributed by atoms with van der Waals surface area (Å²) < 4.78 is 5.31. The van der Waals surface area contributed by atoms with Gasteiger partial charge in [-0.2, -0.15) is 0 Å². The molecule has 14 nitrogen and oxygen atoms in total. The Kier molecular flexibility index (Phi) is 17.6. The van der Waals surface area contributed by atoms with E-state index in [1.165, 1.54) is 12.1 Å². The van der Waals surface area contributed by atoms with Crippen molar-refractivity contribution in [1.82, 2.24) is 26.6 Å². The number of amides is 5. The molecule has 0 bridgehead atoms. The van der Waals surface area contributed by atoms with Crippen LogP contribution in [0.25, 0.3) is 0 Å². The Labute approximate surface area is 307 Å². The highest BCUT2D eigenvalue weighted by molar-refractivity contribution is 8.20. The lowest BCUT2D eigenvalue weighted by Crippen LogP contribution is -2.58. The molecular weight excluding hydrogens is 699 g/mol. The monoisotopic (exact) mass is 749 g/mol. The first-order chi connectivity index (χ1) is 24.4. The molecule has 1 aliphatic heterocycles. The summed E-state index contributed by atoms with van der Waals surface area (Å²) >= 11 is 3.32. The summed E-state index contributed by atoms with van der Waals surface area (Å²) in [5.41, 5.74) is 0.328. The SMILES string of the molecule is CCCC(NC(=O)[C@H](CC1SCCS1)NC(=O)C(NC(=O)OCC(C)C)C1CCCCC1)C(=O)C(=O)NCC(=O)NC(C(=O)O)c1ccccc1. The maximum atomic E-state index is 13.8. The number of thioether (sulfide) groups is 2. The average Bonchev–Trinajstić information content (AvgIpc) is 3.64. The zero-order chi connectivity index (χ0) is 37.3. The zero-order valence-corrected chi connectivity index (χ0v) is 31.1. The summed E-state index contributed by atoms with van der Waals surface area (Å²) in [5.74, 6) is -3.67. The fourth-order valence-corrected chi connectivity index (χ4v) is 8.80. The minimum Gasteiger partial charge on any atom is -0.479 e. The Morgan fingerprint density at radius 2 is 1.51 bits per heavy atom. The number of benzene rings is 1. The summed E-state index contributed by atoms with van der Waals surface area (Å²) in [6.45, 7) is 5.10. The van der Waals surface area contributed by atoms with Crippen LogP contribution in [0.3, 0.4) is 0 Å². The van der Waals surface area contributed by atoms with Crippen LogP contribution in [-0.4, -0.2) is 93.9 Å². The minimum absolute atomic E-state index is 0.00537. The number of alkyl carbamates (subject to hydrolysis) is 1. The Morgan fingerprint density at radius 1 is 0.863 bits per heavy atom. The number of hydrogen-bond donors (Lipinski definition) is 6. The lowest BCUT2D eigenvalue weighted by molar-refractivity contribution is -0.142. The number of carboxylic acid groups (broad SMARTS) is 1. The Balaban J connectivity index is 1.68. The number of ketones is 1. The molecule has 1 saturated heterocycles. The first-order valence-corrected chi connectivity index (χ1v) is 19.7. The van der Waals surface area contributed by atoms with Gasteiger partial charge in [-0.1, -0.05) is 76.8 Å². The lowest BCUT2D eigenvalue weighted by Gasteiger charge is -2.31. The number of aliphatic carboxylic acids is 1. The van der Waals surface area contributed by atoms with Crippen LogP contribution in [-0.2, 0) is 33.5 Å². The predicted molar refractivity (Wildman–Crippen MR) is 195 cm³/mol. The molecule has 2 fully saturated rings. The largest absolute Gasteiger partial charge is 0.479 e. The molecule has 282 valence electrons. The Hall–Kier alpha value is -3.79. The van der Waals surface area contributed by atoms with E-state index in [0.717, 1.165) is 43.6 Å². The molecule has 0 aromatic heterocycles. The third-order valence-corrected chi connectivity index (χ3v) is 11.6. The van der Waals surface area contributed by atoms with Crippen molar-refractivity contribution >= 4 is 65.0 Å². The van der Waals surface area contributed by atoms with E-state index in [9.17, 15) is 38.7 Å². The molecule has 1 aromatic rings. The molecule has 3 rings (SSSR count). The van der Waals surface area contributed by atoms with Crippen molar-refractivity contribution in [3.8, 4) is 0 Å². The van der Waals surface area contributed by atoms with Gasteiger partial charge in [-0.3, -0.25) is 24.0 Å². The number of carbonyl (C=O) groups excluding carboxylic acids is 6. The van der Waals surface area contributed by atoms with Gasteiger partial charge in [-0.05, 0) is 43.1 Å². The van der Waals surface area contributed by atoms with Crippen LogP contribution in [0.15, 0.2) is 30.3 Å². The molecular formula is C35H51N5O9S2. The van der Waals surface area contributed by atoms with Crippen molar-refractivity contribution in [3.63, 3.8) is 0 Å². The first kappa shape index (κ1) is 41.6. The number of carbonyl (C=O) groups is 7. The van der Waals surface area contributed by atoms with E-state index < -0.39 is 72.2 Å². The third-order valence-electron chi connectivity index (χ3n) is 8.51. The molecule has 0 radical (unpaired) electrons. The Morgan fingerprint density at radius 3 is 2.12 bits per heavy atom. The van der Waals surface area contributed by atoms with Gasteiger partial charge < -0.3 is 36.4 Å².